The molecule has 32 heavy (non-hydrogen) atoms. The maximum absolute atomic E-state index is 13.3. The Morgan fingerprint density at radius 2 is 1.97 bits per heavy atom. The molecule has 0 unspecified atom stereocenters. The molecule has 4 rings (SSSR count). The summed E-state index contributed by atoms with van der Waals surface area (Å²) in [6.45, 7) is 13.5. The van der Waals surface area contributed by atoms with E-state index in [-0.39, 0.29) is 29.4 Å². The van der Waals surface area contributed by atoms with Gasteiger partial charge in [-0.3, -0.25) is 4.79 Å². The Balaban J connectivity index is 1.30. The van der Waals surface area contributed by atoms with E-state index in [1.807, 2.05) is 12.2 Å². The molecule has 9 heteroatoms. The second kappa shape index (κ2) is 8.46. The average Bonchev–Trinajstić information content (AvgIpc) is 3.50. The van der Waals surface area contributed by atoms with E-state index in [1.54, 1.807) is 11.8 Å². The van der Waals surface area contributed by atoms with E-state index in [4.69, 9.17) is 4.74 Å². The summed E-state index contributed by atoms with van der Waals surface area (Å²) in [4.78, 5) is 26.8. The highest BCUT2D eigenvalue weighted by atomic mass is 16.5. The van der Waals surface area contributed by atoms with Crippen LogP contribution in [0.2, 0.25) is 0 Å². The lowest BCUT2D eigenvalue weighted by Crippen LogP contribution is -2.50. The van der Waals surface area contributed by atoms with E-state index in [0.717, 1.165) is 43.4 Å². The number of amides is 1. The fourth-order valence-corrected chi connectivity index (χ4v) is 4.72. The number of carbonyl (C=O) groups excluding carboxylic acids is 2. The quantitative estimate of drug-likeness (QED) is 0.514. The second-order valence-corrected chi connectivity index (χ2v) is 9.29. The zero-order valence-electron chi connectivity index (χ0n) is 18.8. The molecule has 1 saturated heterocycles. The first-order valence-electron chi connectivity index (χ1n) is 11.0. The highest BCUT2D eigenvalue weighted by Gasteiger charge is 2.51. The van der Waals surface area contributed by atoms with Gasteiger partial charge in [0.25, 0.3) is 0 Å². The highest BCUT2D eigenvalue weighted by Crippen LogP contribution is 2.48. The topological polar surface area (TPSA) is 102 Å². The van der Waals surface area contributed by atoms with E-state index in [2.05, 4.69) is 40.9 Å². The summed E-state index contributed by atoms with van der Waals surface area (Å²) in [5.74, 6) is -0.161. The smallest absolute Gasteiger partial charge is 0.336 e. The Labute approximate surface area is 187 Å². The summed E-state index contributed by atoms with van der Waals surface area (Å²) >= 11 is 0. The first-order valence-corrected chi connectivity index (χ1v) is 11.0. The lowest BCUT2D eigenvalue weighted by Gasteiger charge is -2.42. The van der Waals surface area contributed by atoms with E-state index < -0.39 is 0 Å². The normalized spacial score (nSPS) is 28.2. The van der Waals surface area contributed by atoms with Crippen LogP contribution in [0.4, 0.5) is 0 Å². The molecule has 9 nitrogen and oxygen atoms in total. The maximum Gasteiger partial charge on any atom is 0.336 e. The number of hydrogen-bond acceptors (Lipinski definition) is 7. The SMILES string of the molecule is C=C(/C=C\C(=C)n1cnnn1)CNC1(C)CCC2(CCN(C3=C(C)C(=O)OC3)C2=O)CC1. The van der Waals surface area contributed by atoms with E-state index in [1.165, 1.54) is 11.0 Å². The van der Waals surface area contributed by atoms with E-state index in [9.17, 15) is 9.59 Å². The molecule has 0 aromatic carbocycles. The van der Waals surface area contributed by atoms with Crippen LogP contribution in [0.25, 0.3) is 5.70 Å². The number of carbonyl (C=O) groups is 2. The minimum Gasteiger partial charge on any atom is -0.456 e. The summed E-state index contributed by atoms with van der Waals surface area (Å²) in [6, 6.07) is 0. The predicted octanol–water partition coefficient (Wildman–Crippen LogP) is 2.23. The van der Waals surface area contributed by atoms with Crippen LogP contribution in [0.3, 0.4) is 0 Å². The van der Waals surface area contributed by atoms with E-state index >= 15 is 0 Å². The Bertz CT molecular complexity index is 999. The number of rotatable bonds is 7. The Kier molecular flexibility index (Phi) is 5.85. The number of cyclic esters (lactones) is 1. The molecular weight excluding hydrogens is 408 g/mol. The molecule has 3 aliphatic rings. The zero-order chi connectivity index (χ0) is 22.9. The monoisotopic (exact) mass is 438 g/mol. The zero-order valence-corrected chi connectivity index (χ0v) is 18.8. The Morgan fingerprint density at radius 3 is 2.59 bits per heavy atom. The van der Waals surface area contributed by atoms with Crippen LogP contribution in [0.1, 0.15) is 46.0 Å². The fourth-order valence-electron chi connectivity index (χ4n) is 4.72. The van der Waals surface area contributed by atoms with Gasteiger partial charge in [0.1, 0.15) is 12.9 Å². The number of esters is 1. The number of nitrogens with zero attached hydrogens (tertiary/aromatic N) is 5. The molecule has 0 bridgehead atoms. The van der Waals surface area contributed by atoms with Gasteiger partial charge in [-0.2, -0.15) is 0 Å². The predicted molar refractivity (Wildman–Crippen MR) is 119 cm³/mol. The third-order valence-electron chi connectivity index (χ3n) is 7.13. The molecular formula is C23H30N6O3. The minimum atomic E-state index is -0.319. The molecule has 1 spiro atoms. The molecule has 170 valence electrons. The van der Waals surface area contributed by atoms with Crippen molar-refractivity contribution >= 4 is 17.6 Å². The molecule has 3 heterocycles. The third kappa shape index (κ3) is 4.17. The summed E-state index contributed by atoms with van der Waals surface area (Å²) in [5, 5.41) is 14.6. The van der Waals surface area contributed by atoms with Crippen molar-refractivity contribution in [1.29, 1.82) is 0 Å². The number of hydrogen-bond donors (Lipinski definition) is 1. The van der Waals surface area contributed by atoms with Crippen LogP contribution in [-0.2, 0) is 14.3 Å². The molecule has 1 saturated carbocycles. The molecule has 2 fully saturated rings. The summed E-state index contributed by atoms with van der Waals surface area (Å²) < 4.78 is 6.60. The Hall–Kier alpha value is -3.07. The van der Waals surface area contributed by atoms with Crippen molar-refractivity contribution in [3.8, 4) is 0 Å². The molecule has 0 radical (unpaired) electrons. The van der Waals surface area contributed by atoms with Gasteiger partial charge in [0.05, 0.1) is 22.4 Å². The van der Waals surface area contributed by atoms with Gasteiger partial charge in [-0.1, -0.05) is 19.2 Å². The average molecular weight is 439 g/mol. The van der Waals surface area contributed by atoms with Crippen LogP contribution in [0, 0.1) is 5.41 Å². The van der Waals surface area contributed by atoms with Gasteiger partial charge in [0.15, 0.2) is 0 Å². The first kappa shape index (κ1) is 22.1. The summed E-state index contributed by atoms with van der Waals surface area (Å²) in [6.07, 6.45) is 9.57. The number of aromatic nitrogens is 4. The molecule has 1 N–H and O–H groups in total. The van der Waals surface area contributed by atoms with Gasteiger partial charge >= 0.3 is 5.97 Å². The van der Waals surface area contributed by atoms with Crippen molar-refractivity contribution in [2.24, 2.45) is 5.41 Å². The van der Waals surface area contributed by atoms with Crippen molar-refractivity contribution in [3.05, 3.63) is 48.5 Å². The van der Waals surface area contributed by atoms with Gasteiger partial charge in [-0.25, -0.2) is 9.48 Å². The van der Waals surface area contributed by atoms with Crippen molar-refractivity contribution in [2.75, 3.05) is 19.7 Å². The molecule has 1 aromatic heterocycles. The van der Waals surface area contributed by atoms with Crippen molar-refractivity contribution in [3.63, 3.8) is 0 Å². The van der Waals surface area contributed by atoms with Crippen LogP contribution in [-0.4, -0.2) is 62.2 Å². The highest BCUT2D eigenvalue weighted by molar-refractivity contribution is 5.94. The van der Waals surface area contributed by atoms with Crippen LogP contribution >= 0.6 is 0 Å². The molecule has 2 aliphatic heterocycles. The standard InChI is InChI=1S/C23H30N6O3/c1-16(5-6-17(2)29-15-25-26-27-29)13-24-22(4)7-9-23(10-8-22)11-12-28(21(23)31)19-14-32-20(30)18(19)3/h5-6,15,24H,1-2,7-14H2,3-4H3/b6-5-. The van der Waals surface area contributed by atoms with Crippen molar-refractivity contribution < 1.29 is 14.3 Å². The van der Waals surface area contributed by atoms with Crippen LogP contribution in [0.15, 0.2) is 48.5 Å². The first-order chi connectivity index (χ1) is 15.2. The van der Waals surface area contributed by atoms with Gasteiger partial charge in [-0.15, -0.1) is 5.10 Å². The van der Waals surface area contributed by atoms with E-state index in [0.29, 0.717) is 24.4 Å². The lowest BCUT2D eigenvalue weighted by molar-refractivity contribution is -0.138. The molecule has 0 atom stereocenters. The fraction of sp³-hybridized carbons (Fsp3) is 0.522. The van der Waals surface area contributed by atoms with Crippen LogP contribution in [0.5, 0.6) is 0 Å². The largest absolute Gasteiger partial charge is 0.456 e. The number of ether oxygens (including phenoxy) is 1. The number of likely N-dealkylation sites (tertiary alicyclic amines) is 1. The maximum atomic E-state index is 13.3. The van der Waals surface area contributed by atoms with Crippen molar-refractivity contribution in [2.45, 2.75) is 51.5 Å². The summed E-state index contributed by atoms with van der Waals surface area (Å²) in [5.41, 5.74) is 2.52. The van der Waals surface area contributed by atoms with Gasteiger partial charge < -0.3 is 15.0 Å². The Morgan fingerprint density at radius 1 is 1.22 bits per heavy atom. The molecule has 1 aromatic rings. The minimum absolute atomic E-state index is 0.0514. The molecule has 1 amide bonds. The summed E-state index contributed by atoms with van der Waals surface area (Å²) in [7, 11) is 0. The molecule has 1 aliphatic carbocycles. The van der Waals surface area contributed by atoms with Crippen molar-refractivity contribution in [1.82, 2.24) is 30.4 Å². The number of tetrazole rings is 1. The second-order valence-electron chi connectivity index (χ2n) is 9.29. The third-order valence-corrected chi connectivity index (χ3v) is 7.13. The lowest BCUT2D eigenvalue weighted by atomic mass is 9.67. The van der Waals surface area contributed by atoms with Gasteiger partial charge in [0.2, 0.25) is 5.91 Å². The van der Waals surface area contributed by atoms with Gasteiger partial charge in [0, 0.05) is 18.6 Å². The van der Waals surface area contributed by atoms with Gasteiger partial charge in [-0.05, 0) is 68.0 Å². The van der Waals surface area contributed by atoms with Crippen LogP contribution < -0.4 is 5.32 Å². The number of allylic oxidation sites excluding steroid dienone is 2. The number of nitrogens with one attached hydrogen (secondary N) is 1.